The second-order valence-electron chi connectivity index (χ2n) is 5.01. The zero-order valence-corrected chi connectivity index (χ0v) is 11.5. The van der Waals surface area contributed by atoms with Crippen LogP contribution in [0.2, 0.25) is 0 Å². The average molecular weight is 248 g/mol. The summed E-state index contributed by atoms with van der Waals surface area (Å²) in [6.45, 7) is 8.77. The Kier molecular flexibility index (Phi) is 4.96. The first kappa shape index (κ1) is 13.3. The van der Waals surface area contributed by atoms with Crippen molar-refractivity contribution in [3.05, 3.63) is 23.9 Å². The lowest BCUT2D eigenvalue weighted by Gasteiger charge is -2.20. The Morgan fingerprint density at radius 1 is 1.22 bits per heavy atom. The second kappa shape index (κ2) is 6.71. The predicted molar refractivity (Wildman–Crippen MR) is 75.8 cm³/mol. The molecule has 0 spiro atoms. The van der Waals surface area contributed by atoms with Crippen LogP contribution in [0.4, 0.5) is 5.82 Å². The van der Waals surface area contributed by atoms with Crippen molar-refractivity contribution in [3.8, 4) is 0 Å². The molecule has 100 valence electrons. The van der Waals surface area contributed by atoms with Gasteiger partial charge in [-0.1, -0.05) is 6.07 Å². The molecule has 1 aliphatic rings. The van der Waals surface area contributed by atoms with Gasteiger partial charge in [0.2, 0.25) is 0 Å². The Labute approximate surface area is 110 Å². The quantitative estimate of drug-likeness (QED) is 0.878. The van der Waals surface area contributed by atoms with Gasteiger partial charge in [0.1, 0.15) is 5.82 Å². The number of likely N-dealkylation sites (N-methyl/N-ethyl adjacent to an activating group) is 1. The third kappa shape index (κ3) is 3.96. The third-order valence-electron chi connectivity index (χ3n) is 3.40. The van der Waals surface area contributed by atoms with Crippen LogP contribution in [0.15, 0.2) is 18.3 Å². The van der Waals surface area contributed by atoms with Crippen LogP contribution in [-0.2, 0) is 6.54 Å². The molecular weight excluding hydrogens is 224 g/mol. The fourth-order valence-electron chi connectivity index (χ4n) is 2.32. The summed E-state index contributed by atoms with van der Waals surface area (Å²) in [4.78, 5) is 9.35. The lowest BCUT2D eigenvalue weighted by Crippen LogP contribution is -2.28. The molecule has 0 aliphatic carbocycles. The van der Waals surface area contributed by atoms with E-state index in [1.54, 1.807) is 0 Å². The van der Waals surface area contributed by atoms with E-state index in [2.05, 4.69) is 46.2 Å². The van der Waals surface area contributed by atoms with Crippen molar-refractivity contribution < 1.29 is 0 Å². The Hall–Kier alpha value is -1.13. The highest BCUT2D eigenvalue weighted by atomic mass is 15.2. The summed E-state index contributed by atoms with van der Waals surface area (Å²) in [5.74, 6) is 0.969. The molecule has 4 heteroatoms. The van der Waals surface area contributed by atoms with E-state index in [9.17, 15) is 0 Å². The minimum Gasteiger partial charge on any atom is -0.370 e. The third-order valence-corrected chi connectivity index (χ3v) is 3.40. The molecule has 0 aromatic carbocycles. The number of pyridine rings is 1. The molecule has 2 heterocycles. The van der Waals surface area contributed by atoms with Gasteiger partial charge in [0, 0.05) is 32.4 Å². The highest BCUT2D eigenvalue weighted by Gasteiger charge is 2.12. The van der Waals surface area contributed by atoms with Crippen molar-refractivity contribution in [3.63, 3.8) is 0 Å². The van der Waals surface area contributed by atoms with Gasteiger partial charge >= 0.3 is 0 Å². The molecule has 2 rings (SSSR count). The molecule has 4 nitrogen and oxygen atoms in total. The molecule has 1 saturated heterocycles. The first-order valence-electron chi connectivity index (χ1n) is 6.87. The van der Waals surface area contributed by atoms with Gasteiger partial charge in [-0.05, 0) is 45.1 Å². The minimum atomic E-state index is 0.921. The Morgan fingerprint density at radius 2 is 2.11 bits per heavy atom. The summed E-state index contributed by atoms with van der Waals surface area (Å²) in [6.07, 6.45) is 3.26. The van der Waals surface area contributed by atoms with E-state index in [1.807, 2.05) is 6.20 Å². The van der Waals surface area contributed by atoms with Crippen LogP contribution in [0.1, 0.15) is 18.9 Å². The second-order valence-corrected chi connectivity index (χ2v) is 5.01. The normalized spacial score (nSPS) is 18.6. The average Bonchev–Trinajstić information content (AvgIpc) is 2.57. The van der Waals surface area contributed by atoms with Gasteiger partial charge in [-0.15, -0.1) is 0 Å². The lowest BCUT2D eigenvalue weighted by atomic mass is 10.2. The molecule has 1 N–H and O–H groups in total. The van der Waals surface area contributed by atoms with Crippen LogP contribution in [0, 0.1) is 0 Å². The Balaban J connectivity index is 1.88. The van der Waals surface area contributed by atoms with Gasteiger partial charge in [0.05, 0.1) is 0 Å². The van der Waals surface area contributed by atoms with Crippen molar-refractivity contribution in [1.82, 2.24) is 14.8 Å². The fraction of sp³-hybridized carbons (Fsp3) is 0.643. The van der Waals surface area contributed by atoms with Gasteiger partial charge < -0.3 is 10.2 Å². The first-order valence-corrected chi connectivity index (χ1v) is 6.87. The maximum absolute atomic E-state index is 4.42. The molecule has 18 heavy (non-hydrogen) atoms. The molecule has 1 aromatic heterocycles. The maximum atomic E-state index is 4.42. The van der Waals surface area contributed by atoms with Crippen LogP contribution in [0.3, 0.4) is 0 Å². The molecule has 1 aromatic rings. The number of hydrogen-bond donors (Lipinski definition) is 1. The molecule has 1 aliphatic heterocycles. The van der Waals surface area contributed by atoms with E-state index in [0.717, 1.165) is 25.5 Å². The van der Waals surface area contributed by atoms with Gasteiger partial charge in [-0.2, -0.15) is 0 Å². The fourth-order valence-corrected chi connectivity index (χ4v) is 2.32. The molecule has 0 saturated carbocycles. The number of nitrogens with one attached hydrogen (secondary N) is 1. The molecule has 0 amide bonds. The van der Waals surface area contributed by atoms with Crippen molar-refractivity contribution in [2.45, 2.75) is 19.9 Å². The summed E-state index contributed by atoms with van der Waals surface area (Å²) < 4.78 is 0. The monoisotopic (exact) mass is 248 g/mol. The van der Waals surface area contributed by atoms with E-state index in [-0.39, 0.29) is 0 Å². The van der Waals surface area contributed by atoms with Crippen molar-refractivity contribution in [2.24, 2.45) is 0 Å². The van der Waals surface area contributed by atoms with Crippen molar-refractivity contribution in [1.29, 1.82) is 0 Å². The number of aromatic nitrogens is 1. The molecule has 1 fully saturated rings. The maximum Gasteiger partial charge on any atom is 0.125 e. The van der Waals surface area contributed by atoms with E-state index in [4.69, 9.17) is 0 Å². The van der Waals surface area contributed by atoms with Crippen LogP contribution >= 0.6 is 0 Å². The Morgan fingerprint density at radius 3 is 2.83 bits per heavy atom. The summed E-state index contributed by atoms with van der Waals surface area (Å²) in [5.41, 5.74) is 1.31. The molecular formula is C14H24N4. The van der Waals surface area contributed by atoms with Crippen LogP contribution in [-0.4, -0.2) is 54.6 Å². The van der Waals surface area contributed by atoms with Crippen LogP contribution in [0.5, 0.6) is 0 Å². The molecule has 0 bridgehead atoms. The topological polar surface area (TPSA) is 31.4 Å². The van der Waals surface area contributed by atoms with Gasteiger partial charge in [-0.3, -0.25) is 4.90 Å². The number of hydrogen-bond acceptors (Lipinski definition) is 4. The van der Waals surface area contributed by atoms with Gasteiger partial charge in [0.25, 0.3) is 0 Å². The van der Waals surface area contributed by atoms with E-state index < -0.39 is 0 Å². The number of rotatable bonds is 4. The van der Waals surface area contributed by atoms with Crippen LogP contribution < -0.4 is 5.32 Å². The van der Waals surface area contributed by atoms with Crippen LogP contribution in [0.25, 0.3) is 0 Å². The Bertz CT molecular complexity index is 349. The number of anilines is 1. The molecule has 0 radical (unpaired) electrons. The first-order chi connectivity index (χ1) is 8.78. The SMILES string of the molecule is CCNc1ccc(CN2CCCN(C)CC2)cn1. The standard InChI is InChI=1S/C14H24N4/c1-3-15-14-6-5-13(11-16-14)12-18-8-4-7-17(2)9-10-18/h5-6,11H,3-4,7-10,12H2,1-2H3,(H,15,16). The lowest BCUT2D eigenvalue weighted by molar-refractivity contribution is 0.269. The summed E-state index contributed by atoms with van der Waals surface area (Å²) >= 11 is 0. The minimum absolute atomic E-state index is 0.921. The summed E-state index contributed by atoms with van der Waals surface area (Å²) in [6, 6.07) is 4.25. The summed E-state index contributed by atoms with van der Waals surface area (Å²) in [7, 11) is 2.20. The molecule has 0 atom stereocenters. The zero-order chi connectivity index (χ0) is 12.8. The van der Waals surface area contributed by atoms with E-state index in [1.165, 1.54) is 31.6 Å². The summed E-state index contributed by atoms with van der Waals surface area (Å²) in [5, 5.41) is 3.22. The zero-order valence-electron chi connectivity index (χ0n) is 11.5. The number of nitrogens with zero attached hydrogens (tertiary/aromatic N) is 3. The highest BCUT2D eigenvalue weighted by Crippen LogP contribution is 2.10. The van der Waals surface area contributed by atoms with Gasteiger partial charge in [-0.25, -0.2) is 4.98 Å². The van der Waals surface area contributed by atoms with Crippen molar-refractivity contribution in [2.75, 3.05) is 45.1 Å². The van der Waals surface area contributed by atoms with Gasteiger partial charge in [0.15, 0.2) is 0 Å². The molecule has 0 unspecified atom stereocenters. The largest absolute Gasteiger partial charge is 0.370 e. The highest BCUT2D eigenvalue weighted by molar-refractivity contribution is 5.35. The predicted octanol–water partition coefficient (Wildman–Crippen LogP) is 1.65. The smallest absolute Gasteiger partial charge is 0.125 e. The van der Waals surface area contributed by atoms with E-state index in [0.29, 0.717) is 0 Å². The van der Waals surface area contributed by atoms with Crippen molar-refractivity contribution >= 4 is 5.82 Å². The van der Waals surface area contributed by atoms with E-state index >= 15 is 0 Å².